The lowest BCUT2D eigenvalue weighted by Crippen LogP contribution is -2.45. The van der Waals surface area contributed by atoms with E-state index in [1.165, 1.54) is 19.2 Å². The molecule has 2 aromatic rings. The summed E-state index contributed by atoms with van der Waals surface area (Å²) in [5.74, 6) is -1.23. The van der Waals surface area contributed by atoms with Crippen LogP contribution in [0.1, 0.15) is 59.9 Å². The fraction of sp³-hybridized carbons (Fsp3) is 0.548. The van der Waals surface area contributed by atoms with Gasteiger partial charge in [0.05, 0.1) is 22.7 Å². The Labute approximate surface area is 320 Å². The molecule has 2 atom stereocenters. The number of hydrogen-bond acceptors (Lipinski definition) is 10. The summed E-state index contributed by atoms with van der Waals surface area (Å²) in [5, 5.41) is 4.76. The summed E-state index contributed by atoms with van der Waals surface area (Å²) in [7, 11) is 1.41. The molecule has 2 N–H and O–H groups in total. The first-order valence-electron chi connectivity index (χ1n) is 15.1. The molecule has 0 fully saturated rings. The highest BCUT2D eigenvalue weighted by atomic mass is 127. The lowest BCUT2D eigenvalue weighted by atomic mass is 10.1. The van der Waals surface area contributed by atoms with Crippen molar-refractivity contribution < 1.29 is 70.2 Å². The van der Waals surface area contributed by atoms with E-state index >= 15 is 0 Å². The number of methoxy groups -OCH3 is 2. The van der Waals surface area contributed by atoms with Gasteiger partial charge in [0, 0.05) is 27.7 Å². The van der Waals surface area contributed by atoms with Gasteiger partial charge in [0.15, 0.2) is 0 Å². The first-order chi connectivity index (χ1) is 24.1. The van der Waals surface area contributed by atoms with Crippen LogP contribution in [0.2, 0.25) is 0 Å². The molecule has 12 nitrogen and oxygen atoms in total. The van der Waals surface area contributed by atoms with E-state index in [-0.39, 0.29) is 6.42 Å². The van der Waals surface area contributed by atoms with E-state index in [1.54, 1.807) is 41.5 Å². The fourth-order valence-electron chi connectivity index (χ4n) is 3.03. The number of carbonyl (C=O) groups is 4. The van der Waals surface area contributed by atoms with Gasteiger partial charge in [-0.2, -0.15) is 26.3 Å². The Bertz CT molecular complexity index is 1410. The Morgan fingerprint density at radius 2 is 1.15 bits per heavy atom. The number of halogens is 9. The van der Waals surface area contributed by atoms with Gasteiger partial charge in [-0.3, -0.25) is 14.4 Å². The predicted molar refractivity (Wildman–Crippen MR) is 186 cm³/mol. The van der Waals surface area contributed by atoms with E-state index in [4.69, 9.17) is 10.8 Å². The third-order valence-corrected chi connectivity index (χ3v) is 6.43. The van der Waals surface area contributed by atoms with E-state index in [9.17, 15) is 49.9 Å². The predicted octanol–water partition coefficient (Wildman–Crippen LogP) is 7.65. The summed E-state index contributed by atoms with van der Waals surface area (Å²) in [5.41, 5.74) is -2.92. The zero-order chi connectivity index (χ0) is 41.8. The molecule has 2 amide bonds. The standard InChI is InChI=1S/C15H19F3N2O4.C9H16INO4.C6H3BrF3N.CH3F/c1-14(2,3)24-13(22)20-10(12(21)23-4)7-9-5-6-11(19-8-9)15(16,17)18;1-9(2,3)15-8(13)11-6(5-10)7(12)14-4;7-4-1-2-5(11-3-4)6(8,9)10;1-2/h5-6,8,10H,7H2,1-4H3,(H,20,22);6H,5H2,1-4H3,(H,11,13);1-3H;1H3/t10-;6-;;/m11../s1/i;;;1D. The minimum Gasteiger partial charge on any atom is -0.467 e. The van der Waals surface area contributed by atoms with Crippen LogP contribution in [0.4, 0.5) is 40.3 Å². The second kappa shape index (κ2) is 23.2. The second-order valence-electron chi connectivity index (χ2n) is 11.7. The Balaban J connectivity index is 0. The van der Waals surface area contributed by atoms with Gasteiger partial charge < -0.3 is 29.6 Å². The monoisotopic (exact) mass is 937 g/mol. The Kier molecular flexibility index (Phi) is 21.7. The van der Waals surface area contributed by atoms with Crippen LogP contribution in [-0.2, 0) is 47.3 Å². The van der Waals surface area contributed by atoms with Gasteiger partial charge in [-0.25, -0.2) is 19.2 Å². The van der Waals surface area contributed by atoms with E-state index in [0.29, 0.717) is 14.5 Å². The highest BCUT2D eigenvalue weighted by Crippen LogP contribution is 2.28. The molecule has 0 aliphatic rings. The molecule has 2 aromatic heterocycles. The average molecular weight is 938 g/mol. The third kappa shape index (κ3) is 23.1. The molecule has 0 radical (unpaired) electrons. The van der Waals surface area contributed by atoms with Gasteiger partial charge in [-0.1, -0.05) is 28.7 Å². The molecule has 296 valence electrons. The number of hydrogen-bond donors (Lipinski definition) is 2. The quantitative estimate of drug-likeness (QED) is 0.0931. The van der Waals surface area contributed by atoms with Crippen molar-refractivity contribution in [1.82, 2.24) is 20.6 Å². The van der Waals surface area contributed by atoms with Crippen molar-refractivity contribution in [3.63, 3.8) is 0 Å². The number of carbonyl (C=O) groups excluding carboxylic acids is 4. The van der Waals surface area contributed by atoms with Crippen LogP contribution in [0.5, 0.6) is 0 Å². The molecule has 0 aliphatic carbocycles. The number of nitrogens with zero attached hydrogens (tertiary/aromatic N) is 2. The molecular formula is C31H41BrF7IN4O8. The third-order valence-electron chi connectivity index (χ3n) is 5.08. The Morgan fingerprint density at radius 1 is 0.769 bits per heavy atom. The first kappa shape index (κ1) is 48.5. The molecular weight excluding hydrogens is 896 g/mol. The molecule has 0 aromatic carbocycles. The topological polar surface area (TPSA) is 155 Å². The van der Waals surface area contributed by atoms with Gasteiger partial charge in [-0.05, 0) is 81.2 Å². The molecule has 52 heavy (non-hydrogen) atoms. The van der Waals surface area contributed by atoms with Crippen LogP contribution < -0.4 is 10.6 Å². The van der Waals surface area contributed by atoms with Crippen molar-refractivity contribution in [3.8, 4) is 0 Å². The highest BCUT2D eigenvalue weighted by Gasteiger charge is 2.33. The molecule has 0 aliphatic heterocycles. The van der Waals surface area contributed by atoms with Gasteiger partial charge in [0.2, 0.25) is 0 Å². The smallest absolute Gasteiger partial charge is 0.433 e. The SMILES string of the molecule is COC(=O)[C@@H](CI)NC(=O)OC(C)(C)C.COC(=O)[C@@H](Cc1ccc(C(F)(F)F)nc1)NC(=O)OC(C)(C)C.FC(F)(F)c1ccc(Br)cn1.[2H]CF. The van der Waals surface area contributed by atoms with Crippen LogP contribution in [0.25, 0.3) is 0 Å². The van der Waals surface area contributed by atoms with Gasteiger partial charge in [0.1, 0.15) is 34.7 Å². The fourth-order valence-corrected chi connectivity index (χ4v) is 3.84. The number of amides is 2. The van der Waals surface area contributed by atoms with Crippen LogP contribution in [0.3, 0.4) is 0 Å². The number of ether oxygens (including phenoxy) is 4. The van der Waals surface area contributed by atoms with Crippen LogP contribution in [0, 0.1) is 0 Å². The van der Waals surface area contributed by atoms with E-state index in [0.717, 1.165) is 31.6 Å². The van der Waals surface area contributed by atoms with Crippen molar-refractivity contribution in [2.75, 3.05) is 25.8 Å². The summed E-state index contributed by atoms with van der Waals surface area (Å²) in [6.07, 6.45) is -8.32. The summed E-state index contributed by atoms with van der Waals surface area (Å²) < 4.78 is 109. The van der Waals surface area contributed by atoms with Crippen LogP contribution in [-0.4, -0.2) is 83.2 Å². The Hall–Kier alpha value is -3.50. The first-order valence-corrected chi connectivity index (χ1v) is 16.7. The molecule has 0 saturated carbocycles. The van der Waals surface area contributed by atoms with Crippen molar-refractivity contribution in [2.45, 2.75) is 83.6 Å². The molecule has 21 heteroatoms. The maximum atomic E-state index is 12.5. The van der Waals surface area contributed by atoms with E-state index < -0.39 is 78.3 Å². The van der Waals surface area contributed by atoms with E-state index in [1.807, 2.05) is 22.6 Å². The molecule has 2 rings (SSSR count). The van der Waals surface area contributed by atoms with E-state index in [2.05, 4.69) is 46.0 Å². The van der Waals surface area contributed by atoms with Gasteiger partial charge in [-0.15, -0.1) is 0 Å². The average Bonchev–Trinajstić information content (AvgIpc) is 3.01. The number of pyridine rings is 2. The number of aromatic nitrogens is 2. The lowest BCUT2D eigenvalue weighted by molar-refractivity contribution is -0.143. The maximum Gasteiger partial charge on any atom is 0.433 e. The number of alkyl halides is 8. The maximum absolute atomic E-state index is 12.5. The highest BCUT2D eigenvalue weighted by molar-refractivity contribution is 14.1. The number of rotatable bonds is 7. The molecule has 0 spiro atoms. The van der Waals surface area contributed by atoms with Crippen molar-refractivity contribution >= 4 is 62.6 Å². The number of esters is 2. The van der Waals surface area contributed by atoms with Crippen LogP contribution in [0.15, 0.2) is 41.1 Å². The summed E-state index contributed by atoms with van der Waals surface area (Å²) in [6, 6.07) is 2.44. The molecule has 0 bridgehead atoms. The summed E-state index contributed by atoms with van der Waals surface area (Å²) in [6.45, 7) is 10.2. The minimum absolute atomic E-state index is 0.0863. The summed E-state index contributed by atoms with van der Waals surface area (Å²) in [4.78, 5) is 52.4. The molecule has 0 unspecified atom stereocenters. The van der Waals surface area contributed by atoms with Crippen molar-refractivity contribution in [3.05, 3.63) is 58.1 Å². The lowest BCUT2D eigenvalue weighted by Gasteiger charge is -2.22. The molecule has 0 saturated heterocycles. The summed E-state index contributed by atoms with van der Waals surface area (Å²) >= 11 is 4.97. The molecule has 2 heterocycles. The van der Waals surface area contributed by atoms with Crippen LogP contribution >= 0.6 is 38.5 Å². The minimum atomic E-state index is -4.55. The Morgan fingerprint density at radius 3 is 1.46 bits per heavy atom. The second-order valence-corrected chi connectivity index (χ2v) is 13.5. The van der Waals surface area contributed by atoms with Crippen molar-refractivity contribution in [1.29, 1.82) is 0 Å². The van der Waals surface area contributed by atoms with Crippen molar-refractivity contribution in [2.24, 2.45) is 0 Å². The normalized spacial score (nSPS) is 12.6. The zero-order valence-corrected chi connectivity index (χ0v) is 33.0. The number of alkyl carbamates (subject to hydrolysis) is 2. The van der Waals surface area contributed by atoms with Gasteiger partial charge in [0.25, 0.3) is 0 Å². The number of nitrogens with one attached hydrogen (secondary N) is 2. The van der Waals surface area contributed by atoms with Gasteiger partial charge >= 0.3 is 36.5 Å². The largest absolute Gasteiger partial charge is 0.467 e. The zero-order valence-electron chi connectivity index (χ0n) is 30.3.